The van der Waals surface area contributed by atoms with E-state index in [1.54, 1.807) is 30.3 Å². The molecule has 1 aromatic carbocycles. The standard InChI is InChI=1S/C7H6O5P2/c8-13(9)7(12-14(10)11)6-4-2-1-3-5-6/h1-5,7H/p+2. The summed E-state index contributed by atoms with van der Waals surface area (Å²) >= 11 is 0. The molecule has 0 heterocycles. The highest BCUT2D eigenvalue weighted by Gasteiger charge is 2.40. The van der Waals surface area contributed by atoms with Crippen LogP contribution in [-0.2, 0) is 13.7 Å². The van der Waals surface area contributed by atoms with Crippen molar-refractivity contribution in [2.75, 3.05) is 0 Å². The minimum Gasteiger partial charge on any atom is -0.158 e. The van der Waals surface area contributed by atoms with Crippen molar-refractivity contribution in [3.05, 3.63) is 35.9 Å². The van der Waals surface area contributed by atoms with E-state index in [1.807, 2.05) is 0 Å². The molecule has 0 bridgehead atoms. The Morgan fingerprint density at radius 3 is 2.14 bits per heavy atom. The molecule has 0 radical (unpaired) electrons. The maximum atomic E-state index is 10.8. The second-order valence-electron chi connectivity index (χ2n) is 2.41. The molecule has 0 aliphatic heterocycles. The molecule has 5 nitrogen and oxygen atoms in total. The quantitative estimate of drug-likeness (QED) is 0.779. The zero-order valence-corrected chi connectivity index (χ0v) is 8.77. The number of rotatable bonds is 4. The highest BCUT2D eigenvalue weighted by atomic mass is 31.1. The highest BCUT2D eigenvalue weighted by molar-refractivity contribution is 7.39. The largest absolute Gasteiger partial charge is 0.699 e. The van der Waals surface area contributed by atoms with Gasteiger partial charge in [-0.2, -0.15) is 4.89 Å². The third-order valence-electron chi connectivity index (χ3n) is 1.48. The second-order valence-corrected chi connectivity index (χ2v) is 4.17. The Kier molecular flexibility index (Phi) is 4.26. The topological polar surface area (TPSA) is 83.8 Å². The van der Waals surface area contributed by atoms with Gasteiger partial charge in [0.15, 0.2) is 0 Å². The van der Waals surface area contributed by atoms with E-state index in [0.29, 0.717) is 5.56 Å². The first kappa shape index (κ1) is 11.4. The van der Waals surface area contributed by atoms with Crippen LogP contribution in [0.3, 0.4) is 0 Å². The first-order valence-corrected chi connectivity index (χ1v) is 6.05. The predicted molar refractivity (Wildman–Crippen MR) is 49.9 cm³/mol. The van der Waals surface area contributed by atoms with Crippen molar-refractivity contribution in [2.45, 2.75) is 5.85 Å². The lowest BCUT2D eigenvalue weighted by Gasteiger charge is -1.96. The maximum absolute atomic E-state index is 10.8. The number of hydrogen-bond donors (Lipinski definition) is 2. The van der Waals surface area contributed by atoms with Crippen LogP contribution >= 0.6 is 16.3 Å². The van der Waals surface area contributed by atoms with Gasteiger partial charge in [0.2, 0.25) is 0 Å². The molecule has 0 spiro atoms. The molecule has 3 unspecified atom stereocenters. The van der Waals surface area contributed by atoms with E-state index >= 15 is 0 Å². The van der Waals surface area contributed by atoms with E-state index in [1.165, 1.54) is 0 Å². The first-order chi connectivity index (χ1) is 6.61. The van der Waals surface area contributed by atoms with E-state index in [-0.39, 0.29) is 0 Å². The molecule has 0 aliphatic carbocycles. The molecular formula is C7H8O5P2+2. The normalized spacial score (nSPS) is 14.7. The lowest BCUT2D eigenvalue weighted by molar-refractivity contribution is 0.243. The van der Waals surface area contributed by atoms with Crippen LogP contribution in [0.4, 0.5) is 0 Å². The average Bonchev–Trinajstić information content (AvgIpc) is 2.15. The summed E-state index contributed by atoms with van der Waals surface area (Å²) in [6.45, 7) is 0. The molecule has 3 atom stereocenters. The average molecular weight is 234 g/mol. The van der Waals surface area contributed by atoms with E-state index in [0.717, 1.165) is 0 Å². The van der Waals surface area contributed by atoms with Gasteiger partial charge in [0.25, 0.3) is 0 Å². The summed E-state index contributed by atoms with van der Waals surface area (Å²) in [5.41, 5.74) is 0.397. The van der Waals surface area contributed by atoms with Crippen molar-refractivity contribution in [2.24, 2.45) is 0 Å². The van der Waals surface area contributed by atoms with Crippen molar-refractivity contribution in [3.63, 3.8) is 0 Å². The van der Waals surface area contributed by atoms with Crippen molar-refractivity contribution in [1.82, 2.24) is 0 Å². The Balaban J connectivity index is 2.89. The fourth-order valence-electron chi connectivity index (χ4n) is 0.932. The van der Waals surface area contributed by atoms with Gasteiger partial charge in [0, 0.05) is 10.1 Å². The minimum absolute atomic E-state index is 0.397. The van der Waals surface area contributed by atoms with Crippen molar-refractivity contribution < 1.29 is 23.4 Å². The van der Waals surface area contributed by atoms with E-state index in [4.69, 9.17) is 9.79 Å². The summed E-state index contributed by atoms with van der Waals surface area (Å²) in [6, 6.07) is 8.12. The molecule has 0 saturated heterocycles. The zero-order chi connectivity index (χ0) is 10.6. The van der Waals surface area contributed by atoms with Gasteiger partial charge in [-0.25, -0.2) is 0 Å². The van der Waals surface area contributed by atoms with Gasteiger partial charge < -0.3 is 0 Å². The summed E-state index contributed by atoms with van der Waals surface area (Å²) in [6.07, 6.45) is 0. The Morgan fingerprint density at radius 2 is 1.71 bits per heavy atom. The molecule has 1 rings (SSSR count). The summed E-state index contributed by atoms with van der Waals surface area (Å²) in [4.78, 5) is 17.3. The molecule has 0 aromatic heterocycles. The Morgan fingerprint density at radius 1 is 1.14 bits per heavy atom. The first-order valence-electron chi connectivity index (χ1n) is 3.64. The summed E-state index contributed by atoms with van der Waals surface area (Å²) in [5.74, 6) is -1.25. The van der Waals surface area contributed by atoms with E-state index in [9.17, 15) is 9.13 Å². The van der Waals surface area contributed by atoms with Gasteiger partial charge in [-0.3, -0.25) is 0 Å². The third kappa shape index (κ3) is 3.22. The summed E-state index contributed by atoms with van der Waals surface area (Å²) < 4.78 is 25.6. The lowest BCUT2D eigenvalue weighted by Crippen LogP contribution is -1.94. The van der Waals surface area contributed by atoms with Crippen LogP contribution in [0.2, 0.25) is 0 Å². The Labute approximate surface area is 82.2 Å². The van der Waals surface area contributed by atoms with Crippen LogP contribution in [0.1, 0.15) is 11.4 Å². The molecule has 14 heavy (non-hydrogen) atoms. The zero-order valence-electron chi connectivity index (χ0n) is 6.98. The fraction of sp³-hybridized carbons (Fsp3) is 0.143. The summed E-state index contributed by atoms with van der Waals surface area (Å²) in [5, 5.41) is 0. The number of benzene rings is 1. The minimum atomic E-state index is -2.89. The SMILES string of the molecule is O=[P+](O)OC(c1ccccc1)[P+](=O)O. The van der Waals surface area contributed by atoms with Gasteiger partial charge in [-0.05, 0) is 4.57 Å². The fourth-order valence-corrected chi connectivity index (χ4v) is 2.22. The van der Waals surface area contributed by atoms with Crippen LogP contribution < -0.4 is 0 Å². The van der Waals surface area contributed by atoms with Crippen LogP contribution in [0.5, 0.6) is 0 Å². The van der Waals surface area contributed by atoms with Gasteiger partial charge in [-0.1, -0.05) is 34.9 Å². The van der Waals surface area contributed by atoms with Gasteiger partial charge in [0.1, 0.15) is 0 Å². The molecule has 0 saturated carbocycles. The van der Waals surface area contributed by atoms with E-state index in [2.05, 4.69) is 4.52 Å². The number of hydrogen-bond acceptors (Lipinski definition) is 3. The maximum Gasteiger partial charge on any atom is 0.699 e. The highest BCUT2D eigenvalue weighted by Crippen LogP contribution is 2.43. The lowest BCUT2D eigenvalue weighted by atomic mass is 10.2. The van der Waals surface area contributed by atoms with Crippen LogP contribution in [0.25, 0.3) is 0 Å². The summed E-state index contributed by atoms with van der Waals surface area (Å²) in [7, 11) is -5.58. The Bertz CT molecular complexity index is 339. The predicted octanol–water partition coefficient (Wildman–Crippen LogP) is 2.09. The molecule has 2 N–H and O–H groups in total. The van der Waals surface area contributed by atoms with Crippen LogP contribution in [0, 0.1) is 0 Å². The molecule has 0 fully saturated rings. The van der Waals surface area contributed by atoms with Crippen molar-refractivity contribution >= 4 is 16.3 Å². The van der Waals surface area contributed by atoms with Crippen molar-refractivity contribution in [1.29, 1.82) is 0 Å². The third-order valence-corrected chi connectivity index (χ3v) is 2.84. The smallest absolute Gasteiger partial charge is 0.158 e. The molecule has 0 aliphatic rings. The van der Waals surface area contributed by atoms with Gasteiger partial charge in [-0.15, -0.1) is 4.89 Å². The Hall–Kier alpha value is -0.700. The molecule has 1 aromatic rings. The molecule has 7 heteroatoms. The second kappa shape index (κ2) is 5.25. The van der Waals surface area contributed by atoms with Crippen molar-refractivity contribution in [3.8, 4) is 0 Å². The molecule has 0 amide bonds. The van der Waals surface area contributed by atoms with Gasteiger partial charge in [0.05, 0.1) is 0 Å². The molecular weight excluding hydrogens is 226 g/mol. The van der Waals surface area contributed by atoms with Gasteiger partial charge >= 0.3 is 22.1 Å². The monoisotopic (exact) mass is 234 g/mol. The van der Waals surface area contributed by atoms with Crippen LogP contribution in [0.15, 0.2) is 30.3 Å². The molecule has 74 valence electrons. The van der Waals surface area contributed by atoms with Crippen LogP contribution in [-0.4, -0.2) is 9.79 Å². The van der Waals surface area contributed by atoms with E-state index < -0.39 is 22.1 Å².